The fourth-order valence-corrected chi connectivity index (χ4v) is 2.96. The van der Waals surface area contributed by atoms with Gasteiger partial charge in [-0.2, -0.15) is 0 Å². The Bertz CT molecular complexity index is 660. The van der Waals surface area contributed by atoms with Crippen molar-refractivity contribution in [2.75, 3.05) is 46.3 Å². The highest BCUT2D eigenvalue weighted by Crippen LogP contribution is 2.15. The van der Waals surface area contributed by atoms with Crippen molar-refractivity contribution in [2.24, 2.45) is 0 Å². The normalized spacial score (nSPS) is 16.6. The van der Waals surface area contributed by atoms with Gasteiger partial charge in [0.25, 0.3) is 5.91 Å². The van der Waals surface area contributed by atoms with Gasteiger partial charge < -0.3 is 15.1 Å². The van der Waals surface area contributed by atoms with Gasteiger partial charge in [-0.3, -0.25) is 9.78 Å². The Labute approximate surface area is 137 Å². The van der Waals surface area contributed by atoms with E-state index in [2.05, 4.69) is 27.1 Å². The number of carbonyl (C=O) groups is 1. The molecule has 3 rings (SSSR count). The molecule has 0 atom stereocenters. The van der Waals surface area contributed by atoms with Gasteiger partial charge in [0.05, 0.1) is 0 Å². The summed E-state index contributed by atoms with van der Waals surface area (Å²) in [5, 5.41) is 4.96. The highest BCUT2D eigenvalue weighted by atomic mass is 16.1. The lowest BCUT2D eigenvalue weighted by Crippen LogP contribution is -2.45. The van der Waals surface area contributed by atoms with E-state index in [0.717, 1.165) is 49.9 Å². The Kier molecular flexibility index (Phi) is 5.20. The second-order valence-corrected chi connectivity index (χ2v) is 6.14. The molecule has 0 aliphatic carbocycles. The molecular formula is C18H24N4O. The molecule has 0 radical (unpaired) electrons. The highest BCUT2D eigenvalue weighted by molar-refractivity contribution is 6.05. The Morgan fingerprint density at radius 3 is 2.78 bits per heavy atom. The number of likely N-dealkylation sites (N-methyl/N-ethyl adjacent to an activating group) is 1. The number of benzene rings is 1. The Balaban J connectivity index is 1.49. The van der Waals surface area contributed by atoms with E-state index in [9.17, 15) is 4.79 Å². The first kappa shape index (κ1) is 15.9. The number of aromatic nitrogens is 1. The molecule has 1 aliphatic heterocycles. The molecular weight excluding hydrogens is 288 g/mol. The molecule has 23 heavy (non-hydrogen) atoms. The van der Waals surface area contributed by atoms with Crippen molar-refractivity contribution < 1.29 is 4.79 Å². The smallest absolute Gasteiger partial charge is 0.270 e. The Morgan fingerprint density at radius 1 is 1.17 bits per heavy atom. The lowest BCUT2D eigenvalue weighted by Gasteiger charge is -2.32. The maximum atomic E-state index is 12.4. The van der Waals surface area contributed by atoms with Crippen molar-refractivity contribution in [1.82, 2.24) is 20.1 Å². The number of nitrogens with one attached hydrogen (secondary N) is 1. The average molecular weight is 312 g/mol. The number of hydrogen-bond acceptors (Lipinski definition) is 4. The maximum absolute atomic E-state index is 12.4. The predicted octanol–water partition coefficient (Wildman–Crippen LogP) is 1.60. The van der Waals surface area contributed by atoms with E-state index >= 15 is 0 Å². The van der Waals surface area contributed by atoms with E-state index in [1.165, 1.54) is 0 Å². The van der Waals surface area contributed by atoms with Gasteiger partial charge in [0.2, 0.25) is 0 Å². The van der Waals surface area contributed by atoms with Gasteiger partial charge in [-0.25, -0.2) is 0 Å². The van der Waals surface area contributed by atoms with Crippen LogP contribution in [0, 0.1) is 0 Å². The second kappa shape index (κ2) is 7.53. The highest BCUT2D eigenvalue weighted by Gasteiger charge is 2.14. The molecule has 0 spiro atoms. The fraction of sp³-hybridized carbons (Fsp3) is 0.444. The zero-order valence-electron chi connectivity index (χ0n) is 13.7. The monoisotopic (exact) mass is 312 g/mol. The number of amides is 1. The minimum atomic E-state index is -0.0832. The largest absolute Gasteiger partial charge is 0.351 e. The summed E-state index contributed by atoms with van der Waals surface area (Å²) in [6.45, 7) is 6.23. The molecule has 0 bridgehead atoms. The van der Waals surface area contributed by atoms with Crippen LogP contribution in [0.2, 0.25) is 0 Å². The van der Waals surface area contributed by atoms with E-state index in [1.54, 1.807) is 6.20 Å². The molecule has 5 heteroatoms. The quantitative estimate of drug-likeness (QED) is 0.852. The summed E-state index contributed by atoms with van der Waals surface area (Å²) in [7, 11) is 2.16. The fourth-order valence-electron chi connectivity index (χ4n) is 2.96. The van der Waals surface area contributed by atoms with Gasteiger partial charge >= 0.3 is 0 Å². The summed E-state index contributed by atoms with van der Waals surface area (Å²) in [6, 6.07) is 9.79. The standard InChI is InChI=1S/C18H24N4O/c1-21-11-13-22(14-12-21)10-4-8-20-18(23)17-16-6-3-2-5-15(16)7-9-19-17/h2-3,5-7,9H,4,8,10-14H2,1H3,(H,20,23). The zero-order chi connectivity index (χ0) is 16.1. The summed E-state index contributed by atoms with van der Waals surface area (Å²) in [4.78, 5) is 21.4. The lowest BCUT2D eigenvalue weighted by molar-refractivity contribution is 0.0946. The zero-order valence-corrected chi connectivity index (χ0v) is 13.7. The van der Waals surface area contributed by atoms with Crippen LogP contribution in [0.15, 0.2) is 36.5 Å². The van der Waals surface area contributed by atoms with Crippen molar-refractivity contribution >= 4 is 16.7 Å². The molecule has 5 nitrogen and oxygen atoms in total. The molecule has 1 aromatic carbocycles. The number of hydrogen-bond donors (Lipinski definition) is 1. The van der Waals surface area contributed by atoms with Gasteiger partial charge in [-0.05, 0) is 31.5 Å². The van der Waals surface area contributed by atoms with Crippen LogP contribution in [0.4, 0.5) is 0 Å². The maximum Gasteiger partial charge on any atom is 0.270 e. The van der Waals surface area contributed by atoms with Crippen molar-refractivity contribution in [1.29, 1.82) is 0 Å². The van der Waals surface area contributed by atoms with E-state index in [0.29, 0.717) is 12.2 Å². The van der Waals surface area contributed by atoms with Crippen LogP contribution < -0.4 is 5.32 Å². The minimum Gasteiger partial charge on any atom is -0.351 e. The second-order valence-electron chi connectivity index (χ2n) is 6.14. The van der Waals surface area contributed by atoms with Crippen molar-refractivity contribution in [2.45, 2.75) is 6.42 Å². The van der Waals surface area contributed by atoms with Gasteiger partial charge in [0.1, 0.15) is 5.69 Å². The number of pyridine rings is 1. The van der Waals surface area contributed by atoms with Crippen LogP contribution in [0.1, 0.15) is 16.9 Å². The summed E-state index contributed by atoms with van der Waals surface area (Å²) >= 11 is 0. The summed E-state index contributed by atoms with van der Waals surface area (Å²) < 4.78 is 0. The third kappa shape index (κ3) is 4.06. The molecule has 1 saturated heterocycles. The summed E-state index contributed by atoms with van der Waals surface area (Å²) in [5.41, 5.74) is 0.516. The topological polar surface area (TPSA) is 48.5 Å². The molecule has 0 saturated carbocycles. The lowest BCUT2D eigenvalue weighted by atomic mass is 10.1. The van der Waals surface area contributed by atoms with E-state index in [4.69, 9.17) is 0 Å². The molecule has 122 valence electrons. The molecule has 0 unspecified atom stereocenters. The van der Waals surface area contributed by atoms with Crippen molar-refractivity contribution in [3.05, 3.63) is 42.2 Å². The van der Waals surface area contributed by atoms with Crippen molar-refractivity contribution in [3.8, 4) is 0 Å². The van der Waals surface area contributed by atoms with Gasteiger partial charge in [0, 0.05) is 44.3 Å². The number of carbonyl (C=O) groups excluding carboxylic acids is 1. The van der Waals surface area contributed by atoms with Crippen LogP contribution in [0.25, 0.3) is 10.8 Å². The average Bonchev–Trinajstić information content (AvgIpc) is 2.59. The number of rotatable bonds is 5. The van der Waals surface area contributed by atoms with Crippen LogP contribution in [0.5, 0.6) is 0 Å². The van der Waals surface area contributed by atoms with Crippen molar-refractivity contribution in [3.63, 3.8) is 0 Å². The third-order valence-electron chi connectivity index (χ3n) is 4.42. The summed E-state index contributed by atoms with van der Waals surface area (Å²) in [6.07, 6.45) is 2.67. The van der Waals surface area contributed by atoms with E-state index < -0.39 is 0 Å². The molecule has 2 heterocycles. The molecule has 2 aromatic rings. The number of fused-ring (bicyclic) bond motifs is 1. The first-order valence-electron chi connectivity index (χ1n) is 8.27. The number of nitrogens with zero attached hydrogens (tertiary/aromatic N) is 3. The van der Waals surface area contributed by atoms with Gasteiger partial charge in [-0.15, -0.1) is 0 Å². The Hall–Kier alpha value is -1.98. The molecule has 1 aliphatic rings. The third-order valence-corrected chi connectivity index (χ3v) is 4.42. The van der Waals surface area contributed by atoms with E-state index in [1.807, 2.05) is 30.3 Å². The number of piperazine rings is 1. The summed E-state index contributed by atoms with van der Waals surface area (Å²) in [5.74, 6) is -0.0832. The predicted molar refractivity (Wildman–Crippen MR) is 92.6 cm³/mol. The SMILES string of the molecule is CN1CCN(CCCNC(=O)c2nccc3ccccc23)CC1. The van der Waals surface area contributed by atoms with Crippen LogP contribution in [0.3, 0.4) is 0 Å². The van der Waals surface area contributed by atoms with Gasteiger partial charge in [-0.1, -0.05) is 24.3 Å². The first-order chi connectivity index (χ1) is 11.2. The molecule has 1 fully saturated rings. The minimum absolute atomic E-state index is 0.0832. The van der Waals surface area contributed by atoms with Crippen LogP contribution in [-0.4, -0.2) is 67.0 Å². The molecule has 1 N–H and O–H groups in total. The van der Waals surface area contributed by atoms with Gasteiger partial charge in [0.15, 0.2) is 0 Å². The first-order valence-corrected chi connectivity index (χ1v) is 8.27. The Morgan fingerprint density at radius 2 is 1.96 bits per heavy atom. The molecule has 1 aromatic heterocycles. The molecule has 1 amide bonds. The van der Waals surface area contributed by atoms with Crippen LogP contribution >= 0.6 is 0 Å². The van der Waals surface area contributed by atoms with Crippen LogP contribution in [-0.2, 0) is 0 Å². The van der Waals surface area contributed by atoms with E-state index in [-0.39, 0.29) is 5.91 Å².